The summed E-state index contributed by atoms with van der Waals surface area (Å²) in [5, 5.41) is 3.07. The van der Waals surface area contributed by atoms with Gasteiger partial charge in [-0.05, 0) is 31.2 Å². The summed E-state index contributed by atoms with van der Waals surface area (Å²) in [5.74, 6) is 0. The zero-order valence-corrected chi connectivity index (χ0v) is 12.3. The van der Waals surface area contributed by atoms with E-state index in [1.54, 1.807) is 42.7 Å². The van der Waals surface area contributed by atoms with Crippen LogP contribution >= 0.6 is 0 Å². The molecule has 0 atom stereocenters. The highest BCUT2D eigenvalue weighted by Gasteiger charge is 2.23. The molecule has 0 saturated carbocycles. The molecular formula is C14H17N3O2S. The number of pyridine rings is 1. The van der Waals surface area contributed by atoms with Crippen molar-refractivity contribution in [3.05, 3.63) is 48.8 Å². The molecule has 2 rings (SSSR count). The second kappa shape index (κ2) is 5.92. The van der Waals surface area contributed by atoms with Crippen LogP contribution in [-0.4, -0.2) is 27.0 Å². The summed E-state index contributed by atoms with van der Waals surface area (Å²) in [7, 11) is -2.07. The standard InChI is InChI=1S/C14H17N3O2S/c1-3-16-13-6-4-5-7-14(13)20(18,19)17(2)12-8-10-15-11-9-12/h4-11,16H,3H2,1-2H3. The van der Waals surface area contributed by atoms with Crippen LogP contribution in [0.4, 0.5) is 11.4 Å². The average molecular weight is 291 g/mol. The molecule has 0 aliphatic rings. The van der Waals surface area contributed by atoms with Gasteiger partial charge in [-0.25, -0.2) is 8.42 Å². The Morgan fingerprint density at radius 2 is 1.80 bits per heavy atom. The molecule has 0 amide bonds. The predicted octanol–water partition coefficient (Wildman–Crippen LogP) is 2.34. The topological polar surface area (TPSA) is 62.3 Å². The smallest absolute Gasteiger partial charge is 0.266 e. The summed E-state index contributed by atoms with van der Waals surface area (Å²) in [6.07, 6.45) is 3.13. The summed E-state index contributed by atoms with van der Waals surface area (Å²) in [5.41, 5.74) is 1.18. The predicted molar refractivity (Wildman–Crippen MR) is 80.4 cm³/mol. The van der Waals surface area contributed by atoms with Crippen molar-refractivity contribution in [3.8, 4) is 0 Å². The fourth-order valence-electron chi connectivity index (χ4n) is 1.87. The van der Waals surface area contributed by atoms with Gasteiger partial charge < -0.3 is 5.32 Å². The largest absolute Gasteiger partial charge is 0.384 e. The third-order valence-electron chi connectivity index (χ3n) is 2.92. The fourth-order valence-corrected chi connectivity index (χ4v) is 3.23. The summed E-state index contributed by atoms with van der Waals surface area (Å²) >= 11 is 0. The lowest BCUT2D eigenvalue weighted by Crippen LogP contribution is -2.27. The number of aromatic nitrogens is 1. The van der Waals surface area contributed by atoms with E-state index >= 15 is 0 Å². The molecule has 6 heteroatoms. The van der Waals surface area contributed by atoms with E-state index in [4.69, 9.17) is 0 Å². The molecule has 1 N–H and O–H groups in total. The van der Waals surface area contributed by atoms with Gasteiger partial charge >= 0.3 is 0 Å². The molecule has 0 radical (unpaired) electrons. The first-order chi connectivity index (χ1) is 9.57. The Balaban J connectivity index is 2.45. The highest BCUT2D eigenvalue weighted by molar-refractivity contribution is 7.93. The van der Waals surface area contributed by atoms with E-state index in [1.807, 2.05) is 13.0 Å². The molecular weight excluding hydrogens is 274 g/mol. The normalized spacial score (nSPS) is 11.1. The molecule has 0 saturated heterocycles. The van der Waals surface area contributed by atoms with Crippen molar-refractivity contribution >= 4 is 21.4 Å². The summed E-state index contributed by atoms with van der Waals surface area (Å²) in [4.78, 5) is 4.16. The maximum absolute atomic E-state index is 12.7. The molecule has 5 nitrogen and oxygen atoms in total. The number of hydrogen-bond acceptors (Lipinski definition) is 4. The number of rotatable bonds is 5. The minimum atomic E-state index is -3.60. The van der Waals surface area contributed by atoms with E-state index in [0.717, 1.165) is 0 Å². The van der Waals surface area contributed by atoms with E-state index in [2.05, 4.69) is 10.3 Å². The lowest BCUT2D eigenvalue weighted by molar-refractivity contribution is 0.594. The molecule has 20 heavy (non-hydrogen) atoms. The summed E-state index contributed by atoms with van der Waals surface area (Å²) < 4.78 is 26.6. The quantitative estimate of drug-likeness (QED) is 0.918. The van der Waals surface area contributed by atoms with Crippen molar-refractivity contribution in [3.63, 3.8) is 0 Å². The average Bonchev–Trinajstić information content (AvgIpc) is 2.48. The molecule has 0 bridgehead atoms. The van der Waals surface area contributed by atoms with Crippen LogP contribution in [0.5, 0.6) is 0 Å². The van der Waals surface area contributed by atoms with E-state index in [0.29, 0.717) is 17.9 Å². The van der Waals surface area contributed by atoms with Gasteiger partial charge in [-0.2, -0.15) is 0 Å². The van der Waals surface area contributed by atoms with Gasteiger partial charge in [0.15, 0.2) is 0 Å². The number of anilines is 2. The lowest BCUT2D eigenvalue weighted by Gasteiger charge is -2.21. The van der Waals surface area contributed by atoms with Gasteiger partial charge in [0, 0.05) is 26.0 Å². The lowest BCUT2D eigenvalue weighted by atomic mass is 10.3. The van der Waals surface area contributed by atoms with Crippen LogP contribution in [0.15, 0.2) is 53.7 Å². The molecule has 1 aromatic carbocycles. The number of para-hydroxylation sites is 1. The van der Waals surface area contributed by atoms with Gasteiger partial charge in [-0.1, -0.05) is 12.1 Å². The van der Waals surface area contributed by atoms with Crippen LogP contribution in [0.1, 0.15) is 6.92 Å². The van der Waals surface area contributed by atoms with Gasteiger partial charge in [-0.15, -0.1) is 0 Å². The third kappa shape index (κ3) is 2.75. The minimum Gasteiger partial charge on any atom is -0.384 e. The monoisotopic (exact) mass is 291 g/mol. The molecule has 0 aliphatic carbocycles. The second-order valence-electron chi connectivity index (χ2n) is 4.20. The van der Waals surface area contributed by atoms with Gasteiger partial charge in [0.1, 0.15) is 4.90 Å². The molecule has 0 spiro atoms. The van der Waals surface area contributed by atoms with Crippen molar-refractivity contribution in [2.45, 2.75) is 11.8 Å². The number of nitrogens with zero attached hydrogens (tertiary/aromatic N) is 2. The Kier molecular flexibility index (Phi) is 4.24. The fraction of sp³-hybridized carbons (Fsp3) is 0.214. The Bertz CT molecular complexity index is 672. The Labute approximate surface area is 119 Å². The Hall–Kier alpha value is -2.08. The van der Waals surface area contributed by atoms with Crippen LogP contribution in [0.3, 0.4) is 0 Å². The number of nitrogens with one attached hydrogen (secondary N) is 1. The molecule has 0 aliphatic heterocycles. The highest BCUT2D eigenvalue weighted by atomic mass is 32.2. The molecule has 0 unspecified atom stereocenters. The Morgan fingerprint density at radius 3 is 2.45 bits per heavy atom. The molecule has 2 aromatic rings. The summed E-state index contributed by atoms with van der Waals surface area (Å²) in [6, 6.07) is 10.2. The highest BCUT2D eigenvalue weighted by Crippen LogP contribution is 2.26. The van der Waals surface area contributed by atoms with Crippen LogP contribution in [0.25, 0.3) is 0 Å². The zero-order valence-electron chi connectivity index (χ0n) is 11.4. The first kappa shape index (κ1) is 14.3. The summed E-state index contributed by atoms with van der Waals surface area (Å²) in [6.45, 7) is 2.58. The molecule has 1 heterocycles. The van der Waals surface area contributed by atoms with Crippen LogP contribution in [0, 0.1) is 0 Å². The first-order valence-electron chi connectivity index (χ1n) is 6.29. The maximum Gasteiger partial charge on any atom is 0.266 e. The van der Waals surface area contributed by atoms with Crippen molar-refractivity contribution < 1.29 is 8.42 Å². The SMILES string of the molecule is CCNc1ccccc1S(=O)(=O)N(C)c1ccncc1. The van der Waals surface area contributed by atoms with E-state index < -0.39 is 10.0 Å². The Morgan fingerprint density at radius 1 is 1.15 bits per heavy atom. The number of sulfonamides is 1. The van der Waals surface area contributed by atoms with E-state index in [9.17, 15) is 8.42 Å². The first-order valence-corrected chi connectivity index (χ1v) is 7.73. The maximum atomic E-state index is 12.7. The van der Waals surface area contributed by atoms with Crippen LogP contribution < -0.4 is 9.62 Å². The second-order valence-corrected chi connectivity index (χ2v) is 6.14. The van der Waals surface area contributed by atoms with Crippen LogP contribution in [-0.2, 0) is 10.0 Å². The molecule has 0 fully saturated rings. The molecule has 1 aromatic heterocycles. The number of hydrogen-bond donors (Lipinski definition) is 1. The van der Waals surface area contributed by atoms with Crippen LogP contribution in [0.2, 0.25) is 0 Å². The minimum absolute atomic E-state index is 0.265. The van der Waals surface area contributed by atoms with Crippen molar-refractivity contribution in [1.82, 2.24) is 4.98 Å². The van der Waals surface area contributed by atoms with Gasteiger partial charge in [0.05, 0.1) is 11.4 Å². The number of benzene rings is 1. The van der Waals surface area contributed by atoms with Gasteiger partial charge in [0.2, 0.25) is 0 Å². The van der Waals surface area contributed by atoms with E-state index in [1.165, 1.54) is 11.4 Å². The van der Waals surface area contributed by atoms with E-state index in [-0.39, 0.29) is 4.90 Å². The van der Waals surface area contributed by atoms with Crippen molar-refractivity contribution in [2.75, 3.05) is 23.2 Å². The zero-order chi connectivity index (χ0) is 14.6. The third-order valence-corrected chi connectivity index (χ3v) is 4.76. The van der Waals surface area contributed by atoms with Crippen molar-refractivity contribution in [1.29, 1.82) is 0 Å². The van der Waals surface area contributed by atoms with Gasteiger partial charge in [0.25, 0.3) is 10.0 Å². The molecule has 106 valence electrons. The van der Waals surface area contributed by atoms with Crippen molar-refractivity contribution in [2.24, 2.45) is 0 Å². The van der Waals surface area contributed by atoms with Gasteiger partial charge in [-0.3, -0.25) is 9.29 Å².